The van der Waals surface area contributed by atoms with Crippen molar-refractivity contribution in [2.45, 2.75) is 13.3 Å². The Morgan fingerprint density at radius 3 is 2.79 bits per heavy atom. The van der Waals surface area contributed by atoms with E-state index < -0.39 is 0 Å². The van der Waals surface area contributed by atoms with E-state index in [0.29, 0.717) is 17.6 Å². The molecular weight excluding hydrogens is 287 g/mol. The van der Waals surface area contributed by atoms with Gasteiger partial charge in [0.2, 0.25) is 11.2 Å². The largest absolute Gasteiger partial charge is 0.463 e. The number of ether oxygens (including phenoxy) is 1. The quantitative estimate of drug-likeness (QED) is 0.912. The van der Waals surface area contributed by atoms with Crippen LogP contribution in [0.15, 0.2) is 24.3 Å². The summed E-state index contributed by atoms with van der Waals surface area (Å²) in [6, 6.07) is 7.40. The van der Waals surface area contributed by atoms with E-state index in [0.717, 1.165) is 12.1 Å². The molecule has 0 spiro atoms. The molecule has 1 N–H and O–H groups in total. The van der Waals surface area contributed by atoms with Crippen LogP contribution in [0.25, 0.3) is 0 Å². The number of hydrogen-bond donors (Lipinski definition) is 1. The Hall–Kier alpha value is -1.59. The minimum atomic E-state index is 0.0747. The Morgan fingerprint density at radius 1 is 1.21 bits per heavy atom. The van der Waals surface area contributed by atoms with Gasteiger partial charge in [-0.15, -0.1) is 0 Å². The van der Waals surface area contributed by atoms with E-state index in [1.54, 1.807) is 12.1 Å². The fourth-order valence-corrected chi connectivity index (χ4v) is 1.68. The monoisotopic (exact) mass is 298 g/mol. The van der Waals surface area contributed by atoms with Crippen LogP contribution in [0.5, 0.6) is 6.01 Å². The summed E-state index contributed by atoms with van der Waals surface area (Å²) in [4.78, 5) is 12.0. The number of nitrogens with one attached hydrogen (secondary N) is 1. The molecule has 0 bridgehead atoms. The molecule has 0 amide bonds. The number of rotatable bonds is 5. The van der Waals surface area contributed by atoms with Gasteiger partial charge >= 0.3 is 6.01 Å². The fraction of sp³-hybridized carbons (Fsp3) is 0.250. The van der Waals surface area contributed by atoms with Crippen molar-refractivity contribution in [3.8, 4) is 6.01 Å². The van der Waals surface area contributed by atoms with Crippen molar-refractivity contribution in [2.24, 2.45) is 0 Å². The second-order valence-corrected chi connectivity index (χ2v) is 4.47. The summed E-state index contributed by atoms with van der Waals surface area (Å²) in [6.07, 6.45) is 0.861. The van der Waals surface area contributed by atoms with Crippen molar-refractivity contribution in [1.82, 2.24) is 15.0 Å². The Bertz CT molecular complexity index is 565. The molecule has 0 aliphatic rings. The lowest BCUT2D eigenvalue weighted by atomic mass is 10.3. The summed E-state index contributed by atoms with van der Waals surface area (Å²) in [7, 11) is 0. The van der Waals surface area contributed by atoms with Crippen LogP contribution in [-0.2, 0) is 0 Å². The summed E-state index contributed by atoms with van der Waals surface area (Å²) < 4.78 is 5.33. The third-order valence-electron chi connectivity index (χ3n) is 2.10. The maximum absolute atomic E-state index is 5.90. The Morgan fingerprint density at radius 2 is 2.05 bits per heavy atom. The van der Waals surface area contributed by atoms with E-state index in [2.05, 4.69) is 20.3 Å². The molecule has 7 heteroatoms. The Kier molecular flexibility index (Phi) is 4.76. The van der Waals surface area contributed by atoms with Crippen LogP contribution in [0.2, 0.25) is 10.3 Å². The van der Waals surface area contributed by atoms with E-state index >= 15 is 0 Å². The van der Waals surface area contributed by atoms with Gasteiger partial charge in [0.05, 0.1) is 6.61 Å². The number of aromatic nitrogens is 3. The lowest BCUT2D eigenvalue weighted by Gasteiger charge is -2.07. The summed E-state index contributed by atoms with van der Waals surface area (Å²) in [5.74, 6) is 0.313. The third-order valence-corrected chi connectivity index (χ3v) is 2.51. The highest BCUT2D eigenvalue weighted by Crippen LogP contribution is 2.19. The predicted molar refractivity (Wildman–Crippen MR) is 75.4 cm³/mol. The molecule has 100 valence electrons. The average Bonchev–Trinajstić information content (AvgIpc) is 2.35. The predicted octanol–water partition coefficient (Wildman–Crippen LogP) is 3.71. The molecule has 19 heavy (non-hydrogen) atoms. The van der Waals surface area contributed by atoms with Crippen LogP contribution >= 0.6 is 23.2 Å². The van der Waals surface area contributed by atoms with Crippen LogP contribution < -0.4 is 10.1 Å². The molecule has 0 aliphatic carbocycles. The second-order valence-electron chi connectivity index (χ2n) is 3.69. The SMILES string of the molecule is CCCOc1nc(Cl)nc(Nc2cccc(Cl)c2)n1. The maximum Gasteiger partial charge on any atom is 0.322 e. The number of anilines is 2. The van der Waals surface area contributed by atoms with Crippen LogP contribution in [0, 0.1) is 0 Å². The first-order valence-corrected chi connectivity index (χ1v) is 6.50. The van der Waals surface area contributed by atoms with Gasteiger partial charge in [0.25, 0.3) is 0 Å². The summed E-state index contributed by atoms with van der Waals surface area (Å²) in [5, 5.41) is 3.68. The molecule has 0 unspecified atom stereocenters. The highest BCUT2D eigenvalue weighted by atomic mass is 35.5. The molecule has 0 saturated carbocycles. The van der Waals surface area contributed by atoms with Gasteiger partial charge in [0.1, 0.15) is 0 Å². The molecule has 0 aliphatic heterocycles. The van der Waals surface area contributed by atoms with E-state index in [9.17, 15) is 0 Å². The molecular formula is C12H12Cl2N4O. The van der Waals surface area contributed by atoms with Crippen molar-refractivity contribution in [3.63, 3.8) is 0 Å². The van der Waals surface area contributed by atoms with Gasteiger partial charge in [-0.2, -0.15) is 15.0 Å². The van der Waals surface area contributed by atoms with Gasteiger partial charge in [0, 0.05) is 10.7 Å². The van der Waals surface area contributed by atoms with Crippen molar-refractivity contribution in [3.05, 3.63) is 34.6 Å². The van der Waals surface area contributed by atoms with Crippen LogP contribution in [0.4, 0.5) is 11.6 Å². The van der Waals surface area contributed by atoms with Gasteiger partial charge in [0.15, 0.2) is 0 Å². The smallest absolute Gasteiger partial charge is 0.322 e. The number of nitrogens with zero attached hydrogens (tertiary/aromatic N) is 3. The summed E-state index contributed by atoms with van der Waals surface area (Å²) >= 11 is 11.7. The summed E-state index contributed by atoms with van der Waals surface area (Å²) in [5.41, 5.74) is 0.760. The van der Waals surface area contributed by atoms with Gasteiger partial charge in [-0.25, -0.2) is 0 Å². The molecule has 0 radical (unpaired) electrons. The van der Waals surface area contributed by atoms with E-state index in [1.807, 2.05) is 19.1 Å². The molecule has 2 rings (SSSR count). The van der Waals surface area contributed by atoms with E-state index in [-0.39, 0.29) is 11.3 Å². The lowest BCUT2D eigenvalue weighted by Crippen LogP contribution is -2.04. The molecule has 1 heterocycles. The maximum atomic E-state index is 5.90. The average molecular weight is 299 g/mol. The molecule has 2 aromatic rings. The number of halogens is 2. The number of benzene rings is 1. The third kappa shape index (κ3) is 4.22. The fourth-order valence-electron chi connectivity index (χ4n) is 1.34. The first-order chi connectivity index (χ1) is 9.17. The Balaban J connectivity index is 2.17. The first kappa shape index (κ1) is 13.8. The molecule has 0 fully saturated rings. The van der Waals surface area contributed by atoms with Gasteiger partial charge in [-0.1, -0.05) is 24.6 Å². The van der Waals surface area contributed by atoms with Crippen LogP contribution in [0.1, 0.15) is 13.3 Å². The van der Waals surface area contributed by atoms with Gasteiger partial charge in [-0.05, 0) is 36.2 Å². The topological polar surface area (TPSA) is 59.9 Å². The molecule has 1 aromatic carbocycles. The summed E-state index contributed by atoms with van der Waals surface area (Å²) in [6.45, 7) is 2.52. The standard InChI is InChI=1S/C12H12Cl2N4O/c1-2-6-19-12-17-10(14)16-11(18-12)15-9-5-3-4-8(13)7-9/h3-5,7H,2,6H2,1H3,(H,15,16,17,18). The molecule has 5 nitrogen and oxygen atoms in total. The highest BCUT2D eigenvalue weighted by Gasteiger charge is 2.06. The molecule has 0 saturated heterocycles. The van der Waals surface area contributed by atoms with Gasteiger partial charge in [-0.3, -0.25) is 0 Å². The van der Waals surface area contributed by atoms with E-state index in [1.165, 1.54) is 0 Å². The minimum Gasteiger partial charge on any atom is -0.463 e. The van der Waals surface area contributed by atoms with Crippen molar-refractivity contribution in [1.29, 1.82) is 0 Å². The molecule has 1 aromatic heterocycles. The first-order valence-electron chi connectivity index (χ1n) is 5.74. The highest BCUT2D eigenvalue weighted by molar-refractivity contribution is 6.30. The normalized spacial score (nSPS) is 10.3. The zero-order valence-corrected chi connectivity index (χ0v) is 11.7. The lowest BCUT2D eigenvalue weighted by molar-refractivity contribution is 0.292. The van der Waals surface area contributed by atoms with E-state index in [4.69, 9.17) is 27.9 Å². The van der Waals surface area contributed by atoms with Crippen LogP contribution in [-0.4, -0.2) is 21.6 Å². The minimum absolute atomic E-state index is 0.0747. The van der Waals surface area contributed by atoms with Crippen molar-refractivity contribution >= 4 is 34.8 Å². The van der Waals surface area contributed by atoms with Crippen LogP contribution in [0.3, 0.4) is 0 Å². The van der Waals surface area contributed by atoms with Crippen molar-refractivity contribution < 1.29 is 4.74 Å². The molecule has 0 atom stereocenters. The van der Waals surface area contributed by atoms with Gasteiger partial charge < -0.3 is 10.1 Å². The van der Waals surface area contributed by atoms with Crippen molar-refractivity contribution in [2.75, 3.05) is 11.9 Å². The zero-order chi connectivity index (χ0) is 13.7. The second kappa shape index (κ2) is 6.54. The zero-order valence-electron chi connectivity index (χ0n) is 10.2. The Labute approximate surface area is 121 Å². The number of hydrogen-bond acceptors (Lipinski definition) is 5.